The third kappa shape index (κ3) is 3.68. The first-order valence-electron chi connectivity index (χ1n) is 5.80. The van der Waals surface area contributed by atoms with E-state index < -0.39 is 21.8 Å². The zero-order valence-electron chi connectivity index (χ0n) is 10.2. The Bertz CT molecular complexity index is 554. The molecule has 1 aromatic carbocycles. The second-order valence-electron chi connectivity index (χ2n) is 4.59. The number of hydrogen-bond acceptors (Lipinski definition) is 5. The SMILES string of the molecule is NC(CC(=O)O)c1ccc(OC2CS(=O)(=O)C2)cc1. The minimum absolute atomic E-state index is 0.0489. The zero-order valence-corrected chi connectivity index (χ0v) is 11.0. The summed E-state index contributed by atoms with van der Waals surface area (Å²) >= 11 is 0. The molecule has 1 aromatic rings. The van der Waals surface area contributed by atoms with Crippen LogP contribution in [0.4, 0.5) is 0 Å². The number of sulfone groups is 1. The molecule has 1 aliphatic rings. The highest BCUT2D eigenvalue weighted by Crippen LogP contribution is 2.22. The number of carbonyl (C=O) groups is 1. The number of ether oxygens (including phenoxy) is 1. The van der Waals surface area contributed by atoms with E-state index in [2.05, 4.69) is 0 Å². The standard InChI is InChI=1S/C12H15NO5S/c13-11(5-12(14)15)8-1-3-9(4-2-8)18-10-6-19(16,17)7-10/h1-4,10-11H,5-7,13H2,(H,14,15). The lowest BCUT2D eigenvalue weighted by Crippen LogP contribution is -2.45. The number of carboxylic acids is 1. The Morgan fingerprint density at radius 1 is 1.37 bits per heavy atom. The fourth-order valence-electron chi connectivity index (χ4n) is 1.88. The Balaban J connectivity index is 1.93. The van der Waals surface area contributed by atoms with Gasteiger partial charge in [0, 0.05) is 6.04 Å². The first-order chi connectivity index (χ1) is 8.85. The van der Waals surface area contributed by atoms with Crippen molar-refractivity contribution in [2.75, 3.05) is 11.5 Å². The van der Waals surface area contributed by atoms with Crippen LogP contribution in [0.25, 0.3) is 0 Å². The monoisotopic (exact) mass is 285 g/mol. The summed E-state index contributed by atoms with van der Waals surface area (Å²) in [6, 6.07) is 6.16. The molecule has 1 atom stereocenters. The Kier molecular flexibility index (Phi) is 3.77. The van der Waals surface area contributed by atoms with Gasteiger partial charge in [0.05, 0.1) is 17.9 Å². The third-order valence-electron chi connectivity index (χ3n) is 2.89. The Hall–Kier alpha value is -1.60. The van der Waals surface area contributed by atoms with Gasteiger partial charge >= 0.3 is 5.97 Å². The van der Waals surface area contributed by atoms with Crippen molar-refractivity contribution in [3.8, 4) is 5.75 Å². The molecule has 6 nitrogen and oxygen atoms in total. The van der Waals surface area contributed by atoms with Gasteiger partial charge in [0.25, 0.3) is 0 Å². The lowest BCUT2D eigenvalue weighted by atomic mass is 10.0. The fourth-order valence-corrected chi connectivity index (χ4v) is 3.05. The average Bonchev–Trinajstić information content (AvgIpc) is 2.26. The van der Waals surface area contributed by atoms with Gasteiger partial charge in [-0.15, -0.1) is 0 Å². The maximum absolute atomic E-state index is 11.0. The van der Waals surface area contributed by atoms with Crippen LogP contribution in [0, 0.1) is 0 Å². The molecule has 0 radical (unpaired) electrons. The maximum atomic E-state index is 11.0. The Labute approximate surface area is 111 Å². The molecule has 0 aliphatic carbocycles. The molecule has 1 heterocycles. The lowest BCUT2D eigenvalue weighted by Gasteiger charge is -2.26. The molecule has 0 aromatic heterocycles. The number of carboxylic acid groups (broad SMARTS) is 1. The van der Waals surface area contributed by atoms with Gasteiger partial charge in [-0.25, -0.2) is 8.42 Å². The summed E-state index contributed by atoms with van der Waals surface area (Å²) in [6.45, 7) is 0. The Morgan fingerprint density at radius 3 is 2.42 bits per heavy atom. The number of nitrogens with two attached hydrogens (primary N) is 1. The number of aliphatic carboxylic acids is 1. The van der Waals surface area contributed by atoms with Crippen LogP contribution in [0.5, 0.6) is 5.75 Å². The summed E-state index contributed by atoms with van der Waals surface area (Å²) in [5.41, 5.74) is 6.42. The number of benzene rings is 1. The predicted octanol–water partition coefficient (Wildman–Crippen LogP) is 0.337. The first kappa shape index (κ1) is 13.8. The summed E-state index contributed by atoms with van der Waals surface area (Å²) in [5.74, 6) is -0.292. The molecule has 0 spiro atoms. The summed E-state index contributed by atoms with van der Waals surface area (Å²) in [5, 5.41) is 8.65. The van der Waals surface area contributed by atoms with Crippen LogP contribution in [0.1, 0.15) is 18.0 Å². The first-order valence-corrected chi connectivity index (χ1v) is 7.62. The second kappa shape index (κ2) is 5.18. The van der Waals surface area contributed by atoms with Crippen LogP contribution in [-0.2, 0) is 14.6 Å². The van der Waals surface area contributed by atoms with Gasteiger partial charge in [-0.1, -0.05) is 12.1 Å². The molecule has 3 N–H and O–H groups in total. The van der Waals surface area contributed by atoms with E-state index in [-0.39, 0.29) is 24.0 Å². The van der Waals surface area contributed by atoms with Crippen molar-refractivity contribution in [2.24, 2.45) is 5.73 Å². The van der Waals surface area contributed by atoms with Gasteiger partial charge in [0.2, 0.25) is 0 Å². The maximum Gasteiger partial charge on any atom is 0.305 e. The van der Waals surface area contributed by atoms with Crippen LogP contribution in [0.15, 0.2) is 24.3 Å². The normalized spacial score (nSPS) is 19.4. The van der Waals surface area contributed by atoms with Gasteiger partial charge in [0.1, 0.15) is 11.9 Å². The molecule has 104 valence electrons. The van der Waals surface area contributed by atoms with E-state index in [0.717, 1.165) is 0 Å². The minimum atomic E-state index is -2.90. The quantitative estimate of drug-likeness (QED) is 0.807. The third-order valence-corrected chi connectivity index (χ3v) is 4.64. The highest BCUT2D eigenvalue weighted by molar-refractivity contribution is 7.92. The molecule has 1 unspecified atom stereocenters. The number of rotatable bonds is 5. The van der Waals surface area contributed by atoms with Gasteiger partial charge in [-0.05, 0) is 17.7 Å². The molecule has 19 heavy (non-hydrogen) atoms. The largest absolute Gasteiger partial charge is 0.488 e. The van der Waals surface area contributed by atoms with Gasteiger partial charge in [-0.3, -0.25) is 4.79 Å². The summed E-state index contributed by atoms with van der Waals surface area (Å²) in [6.07, 6.45) is -0.426. The van der Waals surface area contributed by atoms with Crippen LogP contribution in [0.2, 0.25) is 0 Å². The zero-order chi connectivity index (χ0) is 14.0. The predicted molar refractivity (Wildman–Crippen MR) is 68.7 cm³/mol. The number of hydrogen-bond donors (Lipinski definition) is 2. The van der Waals surface area contributed by atoms with Crippen LogP contribution < -0.4 is 10.5 Å². The molecule has 0 bridgehead atoms. The van der Waals surface area contributed by atoms with Crippen LogP contribution in [-0.4, -0.2) is 37.1 Å². The fraction of sp³-hybridized carbons (Fsp3) is 0.417. The molecular weight excluding hydrogens is 270 g/mol. The van der Waals surface area contributed by atoms with E-state index in [1.165, 1.54) is 0 Å². The molecule has 2 rings (SSSR count). The molecule has 7 heteroatoms. The van der Waals surface area contributed by atoms with E-state index in [9.17, 15) is 13.2 Å². The van der Waals surface area contributed by atoms with Gasteiger partial charge < -0.3 is 15.6 Å². The molecular formula is C12H15NO5S. The molecule has 1 fully saturated rings. The summed E-state index contributed by atoms with van der Waals surface area (Å²) in [7, 11) is -2.90. The van der Waals surface area contributed by atoms with Gasteiger partial charge in [-0.2, -0.15) is 0 Å². The van der Waals surface area contributed by atoms with Crippen LogP contribution >= 0.6 is 0 Å². The van der Waals surface area contributed by atoms with Crippen molar-refractivity contribution in [1.82, 2.24) is 0 Å². The highest BCUT2D eigenvalue weighted by Gasteiger charge is 2.35. The van der Waals surface area contributed by atoms with Crippen molar-refractivity contribution in [1.29, 1.82) is 0 Å². The summed E-state index contributed by atoms with van der Waals surface area (Å²) in [4.78, 5) is 10.5. The van der Waals surface area contributed by atoms with E-state index in [4.69, 9.17) is 15.6 Å². The van der Waals surface area contributed by atoms with Crippen molar-refractivity contribution >= 4 is 15.8 Å². The molecule has 1 saturated heterocycles. The van der Waals surface area contributed by atoms with Crippen molar-refractivity contribution < 1.29 is 23.1 Å². The second-order valence-corrected chi connectivity index (χ2v) is 6.74. The molecule has 1 aliphatic heterocycles. The van der Waals surface area contributed by atoms with Crippen molar-refractivity contribution in [3.05, 3.63) is 29.8 Å². The van der Waals surface area contributed by atoms with E-state index in [1.807, 2.05) is 0 Å². The average molecular weight is 285 g/mol. The Morgan fingerprint density at radius 2 is 1.95 bits per heavy atom. The minimum Gasteiger partial charge on any atom is -0.488 e. The van der Waals surface area contributed by atoms with E-state index in [0.29, 0.717) is 11.3 Å². The topological polar surface area (TPSA) is 107 Å². The van der Waals surface area contributed by atoms with Crippen molar-refractivity contribution in [2.45, 2.75) is 18.6 Å². The lowest BCUT2D eigenvalue weighted by molar-refractivity contribution is -0.137. The summed E-state index contributed by atoms with van der Waals surface area (Å²) < 4.78 is 27.4. The van der Waals surface area contributed by atoms with E-state index >= 15 is 0 Å². The molecule has 0 saturated carbocycles. The van der Waals surface area contributed by atoms with Crippen LogP contribution in [0.3, 0.4) is 0 Å². The van der Waals surface area contributed by atoms with E-state index in [1.54, 1.807) is 24.3 Å². The smallest absolute Gasteiger partial charge is 0.305 e. The van der Waals surface area contributed by atoms with Gasteiger partial charge in [0.15, 0.2) is 9.84 Å². The van der Waals surface area contributed by atoms with Crippen molar-refractivity contribution in [3.63, 3.8) is 0 Å². The highest BCUT2D eigenvalue weighted by atomic mass is 32.2. The molecule has 0 amide bonds.